The molecular weight excluding hydrogens is 286 g/mol. The second kappa shape index (κ2) is 6.51. The van der Waals surface area contributed by atoms with Gasteiger partial charge in [0.15, 0.2) is 5.78 Å². The third kappa shape index (κ3) is 3.05. The summed E-state index contributed by atoms with van der Waals surface area (Å²) in [7, 11) is 0. The summed E-state index contributed by atoms with van der Waals surface area (Å²) in [4.78, 5) is 23.3. The molecule has 2 rings (SSSR count). The van der Waals surface area contributed by atoms with Crippen LogP contribution in [0.5, 0.6) is 11.5 Å². The van der Waals surface area contributed by atoms with Crippen LogP contribution >= 0.6 is 0 Å². The molecule has 1 aromatic carbocycles. The molecule has 0 atom stereocenters. The molecule has 0 unspecified atom stereocenters. The van der Waals surface area contributed by atoms with E-state index in [9.17, 15) is 14.7 Å². The van der Waals surface area contributed by atoms with Crippen molar-refractivity contribution >= 4 is 22.4 Å². The smallest absolute Gasteiger partial charge is 0.349 e. The molecule has 0 spiro atoms. The van der Waals surface area contributed by atoms with E-state index in [0.717, 1.165) is 19.3 Å². The largest absolute Gasteiger partial charge is 0.507 e. The summed E-state index contributed by atoms with van der Waals surface area (Å²) in [6.45, 7) is 3.81. The molecule has 0 aliphatic rings. The van der Waals surface area contributed by atoms with Gasteiger partial charge in [0, 0.05) is 12.1 Å². The maximum Gasteiger partial charge on any atom is 0.349 e. The highest BCUT2D eigenvalue weighted by molar-refractivity contribution is 6.07. The summed E-state index contributed by atoms with van der Waals surface area (Å²) >= 11 is 0. The molecule has 0 aliphatic heterocycles. The summed E-state index contributed by atoms with van der Waals surface area (Å²) in [5.41, 5.74) is 4.78. The highest BCUT2D eigenvalue weighted by Gasteiger charge is 2.19. The van der Waals surface area contributed by atoms with Gasteiger partial charge in [0.05, 0.1) is 17.7 Å². The van der Waals surface area contributed by atoms with Crippen LogP contribution in [0.3, 0.4) is 0 Å². The molecule has 118 valence electrons. The number of nitrogens with two attached hydrogens (primary N) is 1. The van der Waals surface area contributed by atoms with E-state index in [4.69, 9.17) is 14.9 Å². The number of Topliss-reactive ketones (excluding diaryl/α,β-unsaturated/α-hetero) is 1. The first-order valence-corrected chi connectivity index (χ1v) is 7.18. The lowest BCUT2D eigenvalue weighted by molar-refractivity contribution is 0.101. The van der Waals surface area contributed by atoms with Gasteiger partial charge in [-0.25, -0.2) is 4.79 Å². The standard InChI is InChI=1S/C16H19NO5/c1-3-4-5-6-21-10-7-11(19)14-12(8-10)22-16(20)13(9(2)18)15(14)17/h7-8,19H,3-6,17H2,1-2H3. The first-order chi connectivity index (χ1) is 10.5. The molecule has 1 heterocycles. The molecule has 6 heteroatoms. The quantitative estimate of drug-likeness (QED) is 0.483. The van der Waals surface area contributed by atoms with Crippen LogP contribution in [-0.4, -0.2) is 17.5 Å². The second-order valence-electron chi connectivity index (χ2n) is 5.11. The van der Waals surface area contributed by atoms with Gasteiger partial charge in [-0.2, -0.15) is 0 Å². The Balaban J connectivity index is 2.46. The molecule has 3 N–H and O–H groups in total. The van der Waals surface area contributed by atoms with Gasteiger partial charge in [-0.1, -0.05) is 19.8 Å². The van der Waals surface area contributed by atoms with Crippen LogP contribution < -0.4 is 16.1 Å². The number of ketones is 1. The Labute approximate surface area is 127 Å². The average Bonchev–Trinajstić information content (AvgIpc) is 2.42. The van der Waals surface area contributed by atoms with Crippen molar-refractivity contribution in [2.24, 2.45) is 0 Å². The molecule has 0 saturated carbocycles. The van der Waals surface area contributed by atoms with E-state index in [0.29, 0.717) is 12.4 Å². The third-order valence-corrected chi connectivity index (χ3v) is 3.37. The van der Waals surface area contributed by atoms with Crippen molar-refractivity contribution in [3.63, 3.8) is 0 Å². The fraction of sp³-hybridized carbons (Fsp3) is 0.375. The number of benzene rings is 1. The molecule has 2 aromatic rings. The maximum atomic E-state index is 11.8. The van der Waals surface area contributed by atoms with E-state index >= 15 is 0 Å². The van der Waals surface area contributed by atoms with Crippen LogP contribution in [-0.2, 0) is 0 Å². The van der Waals surface area contributed by atoms with Crippen molar-refractivity contribution in [2.75, 3.05) is 12.3 Å². The summed E-state index contributed by atoms with van der Waals surface area (Å²) in [6.07, 6.45) is 3.01. The summed E-state index contributed by atoms with van der Waals surface area (Å²) in [5.74, 6) is -0.307. The van der Waals surface area contributed by atoms with Gasteiger partial charge in [0.1, 0.15) is 22.6 Å². The van der Waals surface area contributed by atoms with Gasteiger partial charge in [0.2, 0.25) is 0 Å². The number of carbonyl (C=O) groups is 1. The third-order valence-electron chi connectivity index (χ3n) is 3.37. The lowest BCUT2D eigenvalue weighted by Gasteiger charge is -2.10. The number of hydrogen-bond donors (Lipinski definition) is 2. The molecule has 0 saturated heterocycles. The van der Waals surface area contributed by atoms with Gasteiger partial charge in [0.25, 0.3) is 0 Å². The summed E-state index contributed by atoms with van der Waals surface area (Å²) < 4.78 is 10.6. The number of phenolic OH excluding ortho intramolecular Hbond substituents is 1. The first-order valence-electron chi connectivity index (χ1n) is 7.18. The predicted octanol–water partition coefficient (Wildman–Crippen LogP) is 2.85. The van der Waals surface area contributed by atoms with Crippen molar-refractivity contribution in [1.29, 1.82) is 0 Å². The SMILES string of the molecule is CCCCCOc1cc(O)c2c(N)c(C(C)=O)c(=O)oc2c1. The van der Waals surface area contributed by atoms with Crippen molar-refractivity contribution in [1.82, 2.24) is 0 Å². The maximum absolute atomic E-state index is 11.8. The predicted molar refractivity (Wildman–Crippen MR) is 83.6 cm³/mol. The van der Waals surface area contributed by atoms with Crippen molar-refractivity contribution in [3.05, 3.63) is 28.1 Å². The topological polar surface area (TPSA) is 103 Å². The fourth-order valence-corrected chi connectivity index (χ4v) is 2.27. The van der Waals surface area contributed by atoms with E-state index in [1.165, 1.54) is 19.1 Å². The number of phenols is 1. The zero-order valence-corrected chi connectivity index (χ0v) is 12.6. The van der Waals surface area contributed by atoms with Gasteiger partial charge in [-0.05, 0) is 13.3 Å². The molecule has 0 bridgehead atoms. The molecule has 22 heavy (non-hydrogen) atoms. The van der Waals surface area contributed by atoms with Crippen LogP contribution in [0, 0.1) is 0 Å². The number of rotatable bonds is 6. The van der Waals surface area contributed by atoms with E-state index in [1.54, 1.807) is 0 Å². The Morgan fingerprint density at radius 2 is 2.09 bits per heavy atom. The minimum atomic E-state index is -0.819. The van der Waals surface area contributed by atoms with E-state index in [1.807, 2.05) is 0 Å². The Morgan fingerprint density at radius 1 is 1.36 bits per heavy atom. The Kier molecular flexibility index (Phi) is 4.70. The van der Waals surface area contributed by atoms with Crippen molar-refractivity contribution in [2.45, 2.75) is 33.1 Å². The molecule has 0 aliphatic carbocycles. The molecule has 0 fully saturated rings. The van der Waals surface area contributed by atoms with Crippen LogP contribution in [0.25, 0.3) is 11.0 Å². The average molecular weight is 305 g/mol. The van der Waals surface area contributed by atoms with Crippen molar-refractivity contribution < 1.29 is 19.1 Å². The van der Waals surface area contributed by atoms with Crippen LogP contribution in [0.1, 0.15) is 43.5 Å². The number of unbranched alkanes of at least 4 members (excludes halogenated alkanes) is 2. The van der Waals surface area contributed by atoms with Gasteiger partial charge in [-0.15, -0.1) is 0 Å². The number of anilines is 1. The number of fused-ring (bicyclic) bond motifs is 1. The number of nitrogen functional groups attached to an aromatic ring is 1. The molecule has 0 radical (unpaired) electrons. The Bertz CT molecular complexity index is 763. The van der Waals surface area contributed by atoms with Crippen LogP contribution in [0.4, 0.5) is 5.69 Å². The van der Waals surface area contributed by atoms with Gasteiger partial charge >= 0.3 is 5.63 Å². The van der Waals surface area contributed by atoms with Crippen molar-refractivity contribution in [3.8, 4) is 11.5 Å². The zero-order chi connectivity index (χ0) is 16.3. The van der Waals surface area contributed by atoms with E-state index < -0.39 is 11.4 Å². The van der Waals surface area contributed by atoms with Gasteiger partial charge in [-0.3, -0.25) is 4.79 Å². The highest BCUT2D eigenvalue weighted by atomic mass is 16.5. The lowest BCUT2D eigenvalue weighted by atomic mass is 10.1. The minimum absolute atomic E-state index is 0.0752. The molecule has 0 amide bonds. The first kappa shape index (κ1) is 15.9. The van der Waals surface area contributed by atoms with E-state index in [2.05, 4.69) is 6.92 Å². The monoisotopic (exact) mass is 305 g/mol. The number of aromatic hydroxyl groups is 1. The summed E-state index contributed by atoms with van der Waals surface area (Å²) in [5, 5.41) is 10.2. The Morgan fingerprint density at radius 3 is 2.73 bits per heavy atom. The molecule has 1 aromatic heterocycles. The zero-order valence-electron chi connectivity index (χ0n) is 12.6. The molecular formula is C16H19NO5. The number of carbonyl (C=O) groups excluding carboxylic acids is 1. The summed E-state index contributed by atoms with van der Waals surface area (Å²) in [6, 6.07) is 2.89. The second-order valence-corrected chi connectivity index (χ2v) is 5.11. The highest BCUT2D eigenvalue weighted by Crippen LogP contribution is 2.34. The van der Waals surface area contributed by atoms with E-state index in [-0.39, 0.29) is 28.0 Å². The fourth-order valence-electron chi connectivity index (χ4n) is 2.27. The minimum Gasteiger partial charge on any atom is -0.507 e. The Hall–Kier alpha value is -2.50. The number of hydrogen-bond acceptors (Lipinski definition) is 6. The van der Waals surface area contributed by atoms with Crippen LogP contribution in [0.15, 0.2) is 21.3 Å². The normalized spacial score (nSPS) is 10.8. The lowest BCUT2D eigenvalue weighted by Crippen LogP contribution is -2.15. The van der Waals surface area contributed by atoms with Crippen LogP contribution in [0.2, 0.25) is 0 Å². The molecule has 6 nitrogen and oxygen atoms in total. The van der Waals surface area contributed by atoms with Gasteiger partial charge < -0.3 is 20.0 Å². The number of ether oxygens (including phenoxy) is 1.